The van der Waals surface area contributed by atoms with Gasteiger partial charge in [0.25, 0.3) is 0 Å². The fourth-order valence-corrected chi connectivity index (χ4v) is 2.55. The molecule has 1 heterocycles. The first kappa shape index (κ1) is 13.6. The van der Waals surface area contributed by atoms with Crippen LogP contribution in [0.1, 0.15) is 57.3 Å². The molecule has 1 aromatic rings. The Bertz CT molecular complexity index is 377. The third kappa shape index (κ3) is 3.12. The van der Waals surface area contributed by atoms with Crippen molar-refractivity contribution in [2.45, 2.75) is 57.7 Å². The third-order valence-corrected chi connectivity index (χ3v) is 3.74. The monoisotopic (exact) mass is 247 g/mol. The standard InChI is InChI=1S/C16H25NO/c1-16(2,3)13-6-4-12(5-7-13)15-9-8-14(18-15)10-11-17/h4-7,14-15H,8-11,17H2,1-3H3. The molecule has 0 saturated carbocycles. The van der Waals surface area contributed by atoms with Crippen molar-refractivity contribution in [2.75, 3.05) is 6.54 Å². The molecule has 1 aliphatic rings. The van der Waals surface area contributed by atoms with E-state index in [1.54, 1.807) is 0 Å². The maximum Gasteiger partial charge on any atom is 0.0829 e. The number of nitrogens with two attached hydrogens (primary N) is 1. The largest absolute Gasteiger partial charge is 0.370 e. The van der Waals surface area contributed by atoms with Crippen LogP contribution in [0, 0.1) is 0 Å². The van der Waals surface area contributed by atoms with Crippen LogP contribution in [0.15, 0.2) is 24.3 Å². The molecule has 2 rings (SSSR count). The first-order valence-electron chi connectivity index (χ1n) is 6.96. The van der Waals surface area contributed by atoms with Gasteiger partial charge in [-0.25, -0.2) is 0 Å². The van der Waals surface area contributed by atoms with Gasteiger partial charge in [0, 0.05) is 0 Å². The van der Waals surface area contributed by atoms with E-state index in [1.807, 2.05) is 0 Å². The molecule has 1 aliphatic heterocycles. The van der Waals surface area contributed by atoms with Crippen LogP contribution in [-0.2, 0) is 10.2 Å². The van der Waals surface area contributed by atoms with Gasteiger partial charge < -0.3 is 10.5 Å². The van der Waals surface area contributed by atoms with E-state index in [2.05, 4.69) is 45.0 Å². The van der Waals surface area contributed by atoms with Crippen molar-refractivity contribution < 1.29 is 4.74 Å². The topological polar surface area (TPSA) is 35.2 Å². The summed E-state index contributed by atoms with van der Waals surface area (Å²) in [5, 5.41) is 0. The van der Waals surface area contributed by atoms with Gasteiger partial charge in [0.15, 0.2) is 0 Å². The molecule has 2 atom stereocenters. The zero-order valence-corrected chi connectivity index (χ0v) is 11.8. The molecular formula is C16H25NO. The Kier molecular flexibility index (Phi) is 4.08. The highest BCUT2D eigenvalue weighted by atomic mass is 16.5. The summed E-state index contributed by atoms with van der Waals surface area (Å²) < 4.78 is 6.03. The van der Waals surface area contributed by atoms with Crippen LogP contribution in [0.3, 0.4) is 0 Å². The molecule has 0 amide bonds. The van der Waals surface area contributed by atoms with E-state index in [9.17, 15) is 0 Å². The zero-order valence-electron chi connectivity index (χ0n) is 11.8. The molecule has 18 heavy (non-hydrogen) atoms. The number of rotatable bonds is 3. The second-order valence-corrected chi connectivity index (χ2v) is 6.27. The summed E-state index contributed by atoms with van der Waals surface area (Å²) in [5.74, 6) is 0. The van der Waals surface area contributed by atoms with Gasteiger partial charge in [0.2, 0.25) is 0 Å². The molecule has 0 aromatic heterocycles. The maximum atomic E-state index is 6.03. The summed E-state index contributed by atoms with van der Waals surface area (Å²) >= 11 is 0. The minimum atomic E-state index is 0.219. The molecule has 100 valence electrons. The van der Waals surface area contributed by atoms with Crippen LogP contribution in [0.25, 0.3) is 0 Å². The predicted octanol–water partition coefficient (Wildman–Crippen LogP) is 3.55. The molecule has 2 nitrogen and oxygen atoms in total. The van der Waals surface area contributed by atoms with Gasteiger partial charge in [-0.1, -0.05) is 45.0 Å². The summed E-state index contributed by atoms with van der Waals surface area (Å²) in [7, 11) is 0. The van der Waals surface area contributed by atoms with Gasteiger partial charge in [-0.3, -0.25) is 0 Å². The minimum Gasteiger partial charge on any atom is -0.370 e. The van der Waals surface area contributed by atoms with E-state index in [-0.39, 0.29) is 11.5 Å². The van der Waals surface area contributed by atoms with Gasteiger partial charge in [-0.05, 0) is 42.3 Å². The molecule has 2 unspecified atom stereocenters. The summed E-state index contributed by atoms with van der Waals surface area (Å²) in [4.78, 5) is 0. The van der Waals surface area contributed by atoms with E-state index in [0.717, 1.165) is 25.8 Å². The van der Waals surface area contributed by atoms with E-state index in [0.29, 0.717) is 6.10 Å². The van der Waals surface area contributed by atoms with Crippen molar-refractivity contribution >= 4 is 0 Å². The minimum absolute atomic E-state index is 0.219. The van der Waals surface area contributed by atoms with Gasteiger partial charge in [-0.15, -0.1) is 0 Å². The summed E-state index contributed by atoms with van der Waals surface area (Å²) in [6.45, 7) is 7.45. The Hall–Kier alpha value is -0.860. The highest BCUT2D eigenvalue weighted by Gasteiger charge is 2.26. The van der Waals surface area contributed by atoms with E-state index >= 15 is 0 Å². The Morgan fingerprint density at radius 2 is 1.83 bits per heavy atom. The molecule has 2 N–H and O–H groups in total. The van der Waals surface area contributed by atoms with Crippen LogP contribution < -0.4 is 5.73 Å². The molecule has 0 radical (unpaired) electrons. The second-order valence-electron chi connectivity index (χ2n) is 6.27. The highest BCUT2D eigenvalue weighted by Crippen LogP contribution is 2.34. The molecule has 2 heteroatoms. The van der Waals surface area contributed by atoms with Gasteiger partial charge >= 0.3 is 0 Å². The van der Waals surface area contributed by atoms with E-state index in [1.165, 1.54) is 11.1 Å². The number of ether oxygens (including phenoxy) is 1. The zero-order chi connectivity index (χ0) is 13.2. The average molecular weight is 247 g/mol. The Morgan fingerprint density at radius 3 is 2.39 bits per heavy atom. The third-order valence-electron chi connectivity index (χ3n) is 3.74. The molecule has 1 aromatic carbocycles. The molecule has 0 aliphatic carbocycles. The van der Waals surface area contributed by atoms with Crippen molar-refractivity contribution in [2.24, 2.45) is 5.73 Å². The quantitative estimate of drug-likeness (QED) is 0.886. The number of benzene rings is 1. The predicted molar refractivity (Wildman–Crippen MR) is 75.7 cm³/mol. The van der Waals surface area contributed by atoms with Crippen LogP contribution >= 0.6 is 0 Å². The van der Waals surface area contributed by atoms with Crippen molar-refractivity contribution in [1.29, 1.82) is 0 Å². The molecule has 0 spiro atoms. The van der Waals surface area contributed by atoms with Crippen molar-refractivity contribution in [1.82, 2.24) is 0 Å². The highest BCUT2D eigenvalue weighted by molar-refractivity contribution is 5.29. The average Bonchev–Trinajstić information content (AvgIpc) is 2.77. The Morgan fingerprint density at radius 1 is 1.17 bits per heavy atom. The summed E-state index contributed by atoms with van der Waals surface area (Å²) in [6, 6.07) is 8.90. The van der Waals surface area contributed by atoms with Crippen molar-refractivity contribution in [3.63, 3.8) is 0 Å². The molecule has 1 fully saturated rings. The SMILES string of the molecule is CC(C)(C)c1ccc(C2CCC(CCN)O2)cc1. The van der Waals surface area contributed by atoms with Crippen LogP contribution in [0.5, 0.6) is 0 Å². The van der Waals surface area contributed by atoms with Crippen LogP contribution in [0.2, 0.25) is 0 Å². The lowest BCUT2D eigenvalue weighted by Crippen LogP contribution is -2.13. The molecular weight excluding hydrogens is 222 g/mol. The fourth-order valence-electron chi connectivity index (χ4n) is 2.55. The molecule has 0 bridgehead atoms. The lowest BCUT2D eigenvalue weighted by atomic mass is 9.86. The first-order valence-corrected chi connectivity index (χ1v) is 6.96. The first-order chi connectivity index (χ1) is 8.50. The van der Waals surface area contributed by atoms with E-state index in [4.69, 9.17) is 10.5 Å². The Labute approximate surface area is 111 Å². The lowest BCUT2D eigenvalue weighted by molar-refractivity contribution is 0.0414. The van der Waals surface area contributed by atoms with Gasteiger partial charge in [0.1, 0.15) is 0 Å². The lowest BCUT2D eigenvalue weighted by Gasteiger charge is -2.20. The molecule has 1 saturated heterocycles. The smallest absolute Gasteiger partial charge is 0.0829 e. The van der Waals surface area contributed by atoms with Gasteiger partial charge in [0.05, 0.1) is 12.2 Å². The second kappa shape index (κ2) is 5.41. The van der Waals surface area contributed by atoms with Crippen LogP contribution in [0.4, 0.5) is 0 Å². The number of hydrogen-bond acceptors (Lipinski definition) is 2. The van der Waals surface area contributed by atoms with Crippen molar-refractivity contribution in [3.05, 3.63) is 35.4 Å². The summed E-state index contributed by atoms with van der Waals surface area (Å²) in [5.41, 5.74) is 8.49. The van der Waals surface area contributed by atoms with E-state index < -0.39 is 0 Å². The number of hydrogen-bond donors (Lipinski definition) is 1. The normalized spacial score (nSPS) is 24.4. The van der Waals surface area contributed by atoms with Gasteiger partial charge in [-0.2, -0.15) is 0 Å². The fraction of sp³-hybridized carbons (Fsp3) is 0.625. The Balaban J connectivity index is 2.03. The van der Waals surface area contributed by atoms with Crippen molar-refractivity contribution in [3.8, 4) is 0 Å². The maximum absolute atomic E-state index is 6.03. The van der Waals surface area contributed by atoms with Crippen LogP contribution in [-0.4, -0.2) is 12.6 Å². The summed E-state index contributed by atoms with van der Waals surface area (Å²) in [6.07, 6.45) is 3.89.